The Morgan fingerprint density at radius 3 is 2.91 bits per heavy atom. The maximum Gasteiger partial charge on any atom is 0.241 e. The highest BCUT2D eigenvalue weighted by atomic mass is 16.5. The van der Waals surface area contributed by atoms with Crippen molar-refractivity contribution in [3.05, 3.63) is 30.3 Å². The van der Waals surface area contributed by atoms with E-state index < -0.39 is 0 Å². The van der Waals surface area contributed by atoms with E-state index in [1.165, 1.54) is 0 Å². The van der Waals surface area contributed by atoms with Crippen LogP contribution in [0.25, 0.3) is 11.5 Å². The number of ether oxygens (including phenoxy) is 1. The van der Waals surface area contributed by atoms with E-state index in [-0.39, 0.29) is 5.91 Å². The van der Waals surface area contributed by atoms with Gasteiger partial charge in [0.05, 0.1) is 26.3 Å². The van der Waals surface area contributed by atoms with Crippen LogP contribution in [0.4, 0.5) is 0 Å². The summed E-state index contributed by atoms with van der Waals surface area (Å²) >= 11 is 0. The van der Waals surface area contributed by atoms with Crippen molar-refractivity contribution in [1.29, 1.82) is 0 Å². The molecular weight excluding hydrogens is 298 g/mol. The summed E-state index contributed by atoms with van der Waals surface area (Å²) in [5.74, 6) is 0.997. The lowest BCUT2D eigenvalue weighted by atomic mass is 10.3. The lowest BCUT2D eigenvalue weighted by molar-refractivity contribution is -0.136. The normalized spacial score (nSPS) is 15.1. The van der Waals surface area contributed by atoms with Crippen molar-refractivity contribution in [2.24, 2.45) is 0 Å². The van der Waals surface area contributed by atoms with E-state index in [0.29, 0.717) is 56.8 Å². The maximum absolute atomic E-state index is 12.2. The topological polar surface area (TPSA) is 84.6 Å². The molecule has 0 N–H and O–H groups in total. The summed E-state index contributed by atoms with van der Waals surface area (Å²) in [6, 6.07) is 5.52. The van der Waals surface area contributed by atoms with Crippen molar-refractivity contribution in [2.75, 3.05) is 39.9 Å². The zero-order chi connectivity index (χ0) is 16.1. The number of morpholine rings is 1. The van der Waals surface area contributed by atoms with Crippen LogP contribution >= 0.6 is 0 Å². The molecular formula is C15H19N5O3. The van der Waals surface area contributed by atoms with Gasteiger partial charge in [-0.1, -0.05) is 11.2 Å². The fourth-order valence-corrected chi connectivity index (χ4v) is 2.35. The molecule has 1 aliphatic rings. The number of carbonyl (C=O) groups is 1. The third kappa shape index (κ3) is 4.11. The predicted molar refractivity (Wildman–Crippen MR) is 81.3 cm³/mol. The van der Waals surface area contributed by atoms with Crippen molar-refractivity contribution in [2.45, 2.75) is 6.54 Å². The Morgan fingerprint density at radius 2 is 2.17 bits per heavy atom. The second-order valence-corrected chi connectivity index (χ2v) is 5.39. The minimum atomic E-state index is 0.0836. The molecule has 0 unspecified atom stereocenters. The molecule has 0 aromatic carbocycles. The van der Waals surface area contributed by atoms with Crippen molar-refractivity contribution >= 4 is 5.91 Å². The average molecular weight is 317 g/mol. The third-order valence-corrected chi connectivity index (χ3v) is 3.54. The first-order chi connectivity index (χ1) is 11.2. The molecule has 8 nitrogen and oxygen atoms in total. The molecule has 1 fully saturated rings. The number of nitrogens with zero attached hydrogens (tertiary/aromatic N) is 5. The number of amides is 1. The summed E-state index contributed by atoms with van der Waals surface area (Å²) in [5.41, 5.74) is 0.662. The monoisotopic (exact) mass is 317 g/mol. The summed E-state index contributed by atoms with van der Waals surface area (Å²) in [4.78, 5) is 24.3. The zero-order valence-electron chi connectivity index (χ0n) is 13.0. The summed E-state index contributed by atoms with van der Waals surface area (Å²) in [6.07, 6.45) is 1.68. The van der Waals surface area contributed by atoms with Gasteiger partial charge in [-0.15, -0.1) is 0 Å². The Kier molecular flexibility index (Phi) is 4.94. The summed E-state index contributed by atoms with van der Waals surface area (Å²) < 4.78 is 10.5. The molecule has 1 aliphatic heterocycles. The molecule has 23 heavy (non-hydrogen) atoms. The first kappa shape index (κ1) is 15.6. The predicted octanol–water partition coefficient (Wildman–Crippen LogP) is 0.422. The second-order valence-electron chi connectivity index (χ2n) is 5.39. The lowest BCUT2D eigenvalue weighted by Crippen LogP contribution is -2.44. The number of likely N-dealkylation sites (N-methyl/N-ethyl adjacent to an activating group) is 1. The molecule has 1 amide bonds. The Balaban J connectivity index is 1.54. The van der Waals surface area contributed by atoms with Crippen molar-refractivity contribution < 1.29 is 14.1 Å². The van der Waals surface area contributed by atoms with Crippen LogP contribution in [-0.2, 0) is 16.1 Å². The molecule has 1 saturated heterocycles. The van der Waals surface area contributed by atoms with Crippen LogP contribution in [0, 0.1) is 0 Å². The van der Waals surface area contributed by atoms with Crippen LogP contribution in [0.3, 0.4) is 0 Å². The number of pyridine rings is 1. The van der Waals surface area contributed by atoms with Gasteiger partial charge in [-0.25, -0.2) is 0 Å². The average Bonchev–Trinajstić information content (AvgIpc) is 3.04. The molecule has 2 aromatic heterocycles. The molecule has 0 spiro atoms. The van der Waals surface area contributed by atoms with Crippen LogP contribution in [-0.4, -0.2) is 70.7 Å². The van der Waals surface area contributed by atoms with Crippen molar-refractivity contribution in [1.82, 2.24) is 24.9 Å². The van der Waals surface area contributed by atoms with Gasteiger partial charge in [-0.3, -0.25) is 14.7 Å². The van der Waals surface area contributed by atoms with Gasteiger partial charge in [0.25, 0.3) is 0 Å². The van der Waals surface area contributed by atoms with Crippen LogP contribution in [0.1, 0.15) is 5.89 Å². The van der Waals surface area contributed by atoms with Gasteiger partial charge in [0.2, 0.25) is 17.6 Å². The van der Waals surface area contributed by atoms with E-state index in [4.69, 9.17) is 9.26 Å². The van der Waals surface area contributed by atoms with E-state index in [2.05, 4.69) is 15.1 Å². The molecule has 2 aromatic rings. The largest absolute Gasteiger partial charge is 0.378 e. The van der Waals surface area contributed by atoms with E-state index in [1.807, 2.05) is 35.0 Å². The van der Waals surface area contributed by atoms with Crippen LogP contribution in [0.15, 0.2) is 28.9 Å². The molecule has 0 aliphatic carbocycles. The molecule has 3 rings (SSSR count). The molecule has 0 radical (unpaired) electrons. The van der Waals surface area contributed by atoms with Crippen LogP contribution < -0.4 is 0 Å². The molecule has 122 valence electrons. The molecule has 0 bridgehead atoms. The van der Waals surface area contributed by atoms with Gasteiger partial charge >= 0.3 is 0 Å². The summed E-state index contributed by atoms with van der Waals surface area (Å²) in [7, 11) is 1.85. The van der Waals surface area contributed by atoms with Gasteiger partial charge < -0.3 is 14.2 Å². The minimum Gasteiger partial charge on any atom is -0.378 e. The van der Waals surface area contributed by atoms with E-state index in [9.17, 15) is 4.79 Å². The van der Waals surface area contributed by atoms with Crippen LogP contribution in [0.5, 0.6) is 0 Å². The number of hydrogen-bond acceptors (Lipinski definition) is 7. The van der Waals surface area contributed by atoms with E-state index in [1.54, 1.807) is 6.20 Å². The van der Waals surface area contributed by atoms with Gasteiger partial charge in [0, 0.05) is 19.3 Å². The van der Waals surface area contributed by atoms with Gasteiger partial charge in [0.15, 0.2) is 0 Å². The van der Waals surface area contributed by atoms with E-state index >= 15 is 0 Å². The number of aromatic nitrogens is 3. The van der Waals surface area contributed by atoms with Crippen molar-refractivity contribution in [3.63, 3.8) is 0 Å². The molecule has 0 atom stereocenters. The Labute approximate surface area is 134 Å². The fourth-order valence-electron chi connectivity index (χ4n) is 2.35. The van der Waals surface area contributed by atoms with Gasteiger partial charge in [0.1, 0.15) is 5.69 Å². The smallest absolute Gasteiger partial charge is 0.241 e. The highest BCUT2D eigenvalue weighted by molar-refractivity contribution is 5.78. The Morgan fingerprint density at radius 1 is 1.35 bits per heavy atom. The summed E-state index contributed by atoms with van der Waals surface area (Å²) in [5, 5.41) is 3.92. The first-order valence-corrected chi connectivity index (χ1v) is 7.50. The standard InChI is InChI=1S/C15H19N5O3/c1-19(11-14(21)20-6-8-22-9-7-20)10-13-17-15(18-23-13)12-4-2-3-5-16-12/h2-5H,6-11H2,1H3. The number of rotatable bonds is 5. The fraction of sp³-hybridized carbons (Fsp3) is 0.467. The maximum atomic E-state index is 12.2. The zero-order valence-corrected chi connectivity index (χ0v) is 13.0. The Bertz CT molecular complexity index is 640. The number of carbonyl (C=O) groups excluding carboxylic acids is 1. The van der Waals surface area contributed by atoms with Gasteiger partial charge in [-0.05, 0) is 19.2 Å². The quantitative estimate of drug-likeness (QED) is 0.790. The third-order valence-electron chi connectivity index (χ3n) is 3.54. The minimum absolute atomic E-state index is 0.0836. The molecule has 3 heterocycles. The summed E-state index contributed by atoms with van der Waals surface area (Å²) in [6.45, 7) is 3.23. The van der Waals surface area contributed by atoms with Gasteiger partial charge in [-0.2, -0.15) is 4.98 Å². The number of hydrogen-bond donors (Lipinski definition) is 0. The van der Waals surface area contributed by atoms with E-state index in [0.717, 1.165) is 0 Å². The Hall–Kier alpha value is -2.32. The highest BCUT2D eigenvalue weighted by Gasteiger charge is 2.19. The first-order valence-electron chi connectivity index (χ1n) is 7.50. The molecule has 0 saturated carbocycles. The lowest BCUT2D eigenvalue weighted by Gasteiger charge is -2.28. The SMILES string of the molecule is CN(CC(=O)N1CCOCC1)Cc1nc(-c2ccccn2)no1. The second kappa shape index (κ2) is 7.30. The van der Waals surface area contributed by atoms with Crippen LogP contribution in [0.2, 0.25) is 0 Å². The highest BCUT2D eigenvalue weighted by Crippen LogP contribution is 2.12. The van der Waals surface area contributed by atoms with Crippen molar-refractivity contribution in [3.8, 4) is 11.5 Å². The molecule has 8 heteroatoms.